The molecular formula is C14H18O3. The maximum Gasteiger partial charge on any atom is 0.306 e. The Balaban J connectivity index is 2.40. The highest BCUT2D eigenvalue weighted by atomic mass is 16.4. The van der Waals surface area contributed by atoms with Gasteiger partial charge in [-0.15, -0.1) is 0 Å². The Morgan fingerprint density at radius 2 is 1.82 bits per heavy atom. The normalized spacial score (nSPS) is 12.1. The molecule has 0 fully saturated rings. The highest BCUT2D eigenvalue weighted by molar-refractivity contribution is 5.96. The SMILES string of the molecule is Cc1ccc(C(=O)CCCC(C)C(=O)O)cc1. The van der Waals surface area contributed by atoms with E-state index >= 15 is 0 Å². The van der Waals surface area contributed by atoms with Gasteiger partial charge in [-0.3, -0.25) is 9.59 Å². The number of aliphatic carboxylic acids is 1. The van der Waals surface area contributed by atoms with Crippen LogP contribution in [-0.4, -0.2) is 16.9 Å². The Hall–Kier alpha value is -1.64. The average Bonchev–Trinajstić information content (AvgIpc) is 2.29. The summed E-state index contributed by atoms with van der Waals surface area (Å²) >= 11 is 0. The Morgan fingerprint density at radius 1 is 1.24 bits per heavy atom. The van der Waals surface area contributed by atoms with E-state index in [0.29, 0.717) is 24.8 Å². The van der Waals surface area contributed by atoms with Crippen LogP contribution >= 0.6 is 0 Å². The summed E-state index contributed by atoms with van der Waals surface area (Å²) in [5.41, 5.74) is 1.83. The quantitative estimate of drug-likeness (QED) is 0.769. The van der Waals surface area contributed by atoms with E-state index in [-0.39, 0.29) is 11.7 Å². The summed E-state index contributed by atoms with van der Waals surface area (Å²) in [5, 5.41) is 8.71. The Labute approximate surface area is 101 Å². The third kappa shape index (κ3) is 4.39. The van der Waals surface area contributed by atoms with Crippen LogP contribution in [0.4, 0.5) is 0 Å². The second-order valence-electron chi connectivity index (χ2n) is 4.42. The second-order valence-corrected chi connectivity index (χ2v) is 4.42. The van der Waals surface area contributed by atoms with Gasteiger partial charge in [0.2, 0.25) is 0 Å². The largest absolute Gasteiger partial charge is 0.481 e. The smallest absolute Gasteiger partial charge is 0.306 e. The van der Waals surface area contributed by atoms with E-state index in [4.69, 9.17) is 5.11 Å². The van der Waals surface area contributed by atoms with Crippen LogP contribution in [0.1, 0.15) is 42.1 Å². The van der Waals surface area contributed by atoms with Crippen LogP contribution in [0.5, 0.6) is 0 Å². The molecule has 0 radical (unpaired) electrons. The molecule has 1 aromatic carbocycles. The number of Topliss-reactive ketones (excluding diaryl/α,β-unsaturated/α-hetero) is 1. The van der Waals surface area contributed by atoms with Crippen LogP contribution in [0.2, 0.25) is 0 Å². The first-order valence-electron chi connectivity index (χ1n) is 5.83. The van der Waals surface area contributed by atoms with Gasteiger partial charge in [0, 0.05) is 12.0 Å². The van der Waals surface area contributed by atoms with Crippen molar-refractivity contribution in [3.8, 4) is 0 Å². The van der Waals surface area contributed by atoms with Crippen LogP contribution < -0.4 is 0 Å². The first kappa shape index (κ1) is 13.4. The molecule has 1 unspecified atom stereocenters. The molecule has 1 atom stereocenters. The molecule has 0 aromatic heterocycles. The van der Waals surface area contributed by atoms with Crippen LogP contribution in [-0.2, 0) is 4.79 Å². The van der Waals surface area contributed by atoms with Gasteiger partial charge in [0.15, 0.2) is 5.78 Å². The highest BCUT2D eigenvalue weighted by Gasteiger charge is 2.12. The van der Waals surface area contributed by atoms with E-state index in [1.54, 1.807) is 6.92 Å². The van der Waals surface area contributed by atoms with Gasteiger partial charge in [0.1, 0.15) is 0 Å². The van der Waals surface area contributed by atoms with E-state index in [0.717, 1.165) is 5.56 Å². The minimum absolute atomic E-state index is 0.0857. The fraction of sp³-hybridized carbons (Fsp3) is 0.429. The fourth-order valence-electron chi connectivity index (χ4n) is 1.58. The monoisotopic (exact) mass is 234 g/mol. The van der Waals surface area contributed by atoms with Gasteiger partial charge in [-0.05, 0) is 19.8 Å². The molecule has 3 heteroatoms. The molecule has 0 aliphatic carbocycles. The number of carbonyl (C=O) groups excluding carboxylic acids is 1. The molecule has 17 heavy (non-hydrogen) atoms. The molecule has 1 rings (SSSR count). The molecule has 0 aliphatic heterocycles. The topological polar surface area (TPSA) is 54.4 Å². The van der Waals surface area contributed by atoms with E-state index in [1.807, 2.05) is 31.2 Å². The lowest BCUT2D eigenvalue weighted by molar-refractivity contribution is -0.141. The van der Waals surface area contributed by atoms with Crippen molar-refractivity contribution >= 4 is 11.8 Å². The summed E-state index contributed by atoms with van der Waals surface area (Å²) in [6.45, 7) is 3.64. The molecule has 0 heterocycles. The molecular weight excluding hydrogens is 216 g/mol. The number of carboxylic acids is 1. The Kier molecular flexibility index (Phi) is 4.88. The molecule has 0 spiro atoms. The highest BCUT2D eigenvalue weighted by Crippen LogP contribution is 2.12. The van der Waals surface area contributed by atoms with Crippen molar-refractivity contribution in [3.63, 3.8) is 0 Å². The number of hydrogen-bond donors (Lipinski definition) is 1. The minimum Gasteiger partial charge on any atom is -0.481 e. The molecule has 0 amide bonds. The maximum atomic E-state index is 11.8. The van der Waals surface area contributed by atoms with Gasteiger partial charge in [-0.25, -0.2) is 0 Å². The van der Waals surface area contributed by atoms with Gasteiger partial charge in [-0.2, -0.15) is 0 Å². The van der Waals surface area contributed by atoms with E-state index < -0.39 is 5.97 Å². The van der Waals surface area contributed by atoms with Gasteiger partial charge >= 0.3 is 5.97 Å². The molecule has 1 N–H and O–H groups in total. The lowest BCUT2D eigenvalue weighted by atomic mass is 10.00. The lowest BCUT2D eigenvalue weighted by Gasteiger charge is -2.05. The fourth-order valence-corrected chi connectivity index (χ4v) is 1.58. The summed E-state index contributed by atoms with van der Waals surface area (Å²) < 4.78 is 0. The predicted octanol–water partition coefficient (Wildman–Crippen LogP) is 3.07. The zero-order chi connectivity index (χ0) is 12.8. The third-order valence-corrected chi connectivity index (χ3v) is 2.84. The molecule has 0 bridgehead atoms. The Bertz CT molecular complexity index is 392. The van der Waals surface area contributed by atoms with Crippen molar-refractivity contribution in [2.45, 2.75) is 33.1 Å². The minimum atomic E-state index is -0.798. The van der Waals surface area contributed by atoms with E-state index in [9.17, 15) is 9.59 Å². The second kappa shape index (κ2) is 6.18. The summed E-state index contributed by atoms with van der Waals surface area (Å²) in [6.07, 6.45) is 1.59. The van der Waals surface area contributed by atoms with Crippen molar-refractivity contribution in [2.24, 2.45) is 5.92 Å². The van der Waals surface area contributed by atoms with Crippen LogP contribution in [0, 0.1) is 12.8 Å². The average molecular weight is 234 g/mol. The van der Waals surface area contributed by atoms with E-state index in [1.165, 1.54) is 0 Å². The number of benzene rings is 1. The first-order chi connectivity index (χ1) is 8.00. The van der Waals surface area contributed by atoms with Gasteiger partial charge < -0.3 is 5.11 Å². The molecule has 92 valence electrons. The summed E-state index contributed by atoms with van der Waals surface area (Å²) in [5.74, 6) is -1.09. The van der Waals surface area contributed by atoms with Crippen LogP contribution in [0.15, 0.2) is 24.3 Å². The molecule has 0 saturated carbocycles. The first-order valence-corrected chi connectivity index (χ1v) is 5.83. The van der Waals surface area contributed by atoms with E-state index in [2.05, 4.69) is 0 Å². The molecule has 0 aliphatic rings. The van der Waals surface area contributed by atoms with Crippen molar-refractivity contribution in [1.82, 2.24) is 0 Å². The van der Waals surface area contributed by atoms with Crippen LogP contribution in [0.25, 0.3) is 0 Å². The number of carboxylic acid groups (broad SMARTS) is 1. The zero-order valence-electron chi connectivity index (χ0n) is 10.3. The molecule has 0 saturated heterocycles. The Morgan fingerprint density at radius 3 is 2.35 bits per heavy atom. The van der Waals surface area contributed by atoms with Gasteiger partial charge in [0.25, 0.3) is 0 Å². The summed E-state index contributed by atoms with van der Waals surface area (Å²) in [7, 11) is 0. The van der Waals surface area contributed by atoms with Crippen LogP contribution in [0.3, 0.4) is 0 Å². The zero-order valence-corrected chi connectivity index (χ0v) is 10.3. The summed E-state index contributed by atoms with van der Waals surface area (Å²) in [4.78, 5) is 22.4. The van der Waals surface area contributed by atoms with Gasteiger partial charge in [-0.1, -0.05) is 36.8 Å². The standard InChI is InChI=1S/C14H18O3/c1-10-6-8-12(9-7-10)13(15)5-3-4-11(2)14(16)17/h6-9,11H,3-5H2,1-2H3,(H,16,17). The summed E-state index contributed by atoms with van der Waals surface area (Å²) in [6, 6.07) is 7.46. The molecule has 3 nitrogen and oxygen atoms in total. The van der Waals surface area contributed by atoms with Crippen molar-refractivity contribution < 1.29 is 14.7 Å². The number of ketones is 1. The predicted molar refractivity (Wildman–Crippen MR) is 66.2 cm³/mol. The molecule has 1 aromatic rings. The third-order valence-electron chi connectivity index (χ3n) is 2.84. The van der Waals surface area contributed by atoms with Crippen molar-refractivity contribution in [3.05, 3.63) is 35.4 Å². The number of carbonyl (C=O) groups is 2. The number of hydrogen-bond acceptors (Lipinski definition) is 2. The van der Waals surface area contributed by atoms with Crippen molar-refractivity contribution in [1.29, 1.82) is 0 Å². The number of rotatable bonds is 6. The van der Waals surface area contributed by atoms with Crippen molar-refractivity contribution in [2.75, 3.05) is 0 Å². The lowest BCUT2D eigenvalue weighted by Crippen LogP contribution is -2.10. The number of aryl methyl sites for hydroxylation is 1. The van der Waals surface area contributed by atoms with Gasteiger partial charge in [0.05, 0.1) is 5.92 Å². The maximum absolute atomic E-state index is 11.8.